The van der Waals surface area contributed by atoms with E-state index in [-0.39, 0.29) is 17.6 Å². The highest BCUT2D eigenvalue weighted by Crippen LogP contribution is 2.18. The molecule has 2 N–H and O–H groups in total. The highest BCUT2D eigenvalue weighted by atomic mass is 19.1. The lowest BCUT2D eigenvalue weighted by Gasteiger charge is -2.16. The Labute approximate surface area is 116 Å². The Morgan fingerprint density at radius 2 is 2.35 bits per heavy atom. The lowest BCUT2D eigenvalue weighted by atomic mass is 9.94. The number of rotatable bonds is 3. The molecule has 0 bridgehead atoms. The van der Waals surface area contributed by atoms with E-state index < -0.39 is 0 Å². The standard InChI is InChI=1S/C15H16FN3O/c16-11-6-7-12-13(8-11)19-14(18-12)9-17-15(20)10-4-2-1-3-5-10/h1-2,6-8,10H,3-5,9H2,(H,17,20)(H,18,19). The molecule has 1 atom stereocenters. The summed E-state index contributed by atoms with van der Waals surface area (Å²) in [6.07, 6.45) is 6.82. The first-order chi connectivity index (χ1) is 9.72. The van der Waals surface area contributed by atoms with Gasteiger partial charge in [-0.25, -0.2) is 9.37 Å². The van der Waals surface area contributed by atoms with Gasteiger partial charge in [0.05, 0.1) is 17.6 Å². The minimum Gasteiger partial charge on any atom is -0.349 e. The van der Waals surface area contributed by atoms with Gasteiger partial charge in [-0.05, 0) is 37.5 Å². The number of amides is 1. The summed E-state index contributed by atoms with van der Waals surface area (Å²) in [4.78, 5) is 19.3. The van der Waals surface area contributed by atoms with Crippen LogP contribution in [0.5, 0.6) is 0 Å². The van der Waals surface area contributed by atoms with Crippen LogP contribution in [0.4, 0.5) is 4.39 Å². The number of halogens is 1. The second-order valence-electron chi connectivity index (χ2n) is 5.04. The van der Waals surface area contributed by atoms with E-state index in [0.717, 1.165) is 19.3 Å². The van der Waals surface area contributed by atoms with E-state index in [9.17, 15) is 9.18 Å². The molecular weight excluding hydrogens is 257 g/mol. The molecule has 104 valence electrons. The van der Waals surface area contributed by atoms with E-state index in [1.807, 2.05) is 0 Å². The largest absolute Gasteiger partial charge is 0.349 e. The number of nitrogens with zero attached hydrogens (tertiary/aromatic N) is 1. The van der Waals surface area contributed by atoms with E-state index in [0.29, 0.717) is 23.4 Å². The third-order valence-electron chi connectivity index (χ3n) is 3.56. The number of allylic oxidation sites excluding steroid dienone is 2. The van der Waals surface area contributed by atoms with Crippen molar-refractivity contribution in [3.63, 3.8) is 0 Å². The minimum absolute atomic E-state index is 0.0565. The Kier molecular flexibility index (Phi) is 3.50. The van der Waals surface area contributed by atoms with Gasteiger partial charge < -0.3 is 10.3 Å². The van der Waals surface area contributed by atoms with Crippen LogP contribution in [0.2, 0.25) is 0 Å². The van der Waals surface area contributed by atoms with Gasteiger partial charge in [0, 0.05) is 5.92 Å². The number of aromatic amines is 1. The van der Waals surface area contributed by atoms with Crippen LogP contribution in [-0.2, 0) is 11.3 Å². The van der Waals surface area contributed by atoms with Crippen LogP contribution in [0.1, 0.15) is 25.1 Å². The molecule has 1 aliphatic carbocycles. The molecule has 0 aliphatic heterocycles. The number of hydrogen-bond acceptors (Lipinski definition) is 2. The molecular formula is C15H16FN3O. The van der Waals surface area contributed by atoms with Crippen molar-refractivity contribution in [2.75, 3.05) is 0 Å². The fraction of sp³-hybridized carbons (Fsp3) is 0.333. The third kappa shape index (κ3) is 2.71. The minimum atomic E-state index is -0.300. The van der Waals surface area contributed by atoms with E-state index in [1.54, 1.807) is 6.07 Å². The summed E-state index contributed by atoms with van der Waals surface area (Å²) in [6, 6.07) is 4.40. The summed E-state index contributed by atoms with van der Waals surface area (Å²) in [7, 11) is 0. The van der Waals surface area contributed by atoms with Gasteiger partial charge in [0.1, 0.15) is 11.6 Å². The monoisotopic (exact) mass is 273 g/mol. The number of carbonyl (C=O) groups is 1. The van der Waals surface area contributed by atoms with Crippen LogP contribution in [0.3, 0.4) is 0 Å². The zero-order chi connectivity index (χ0) is 13.9. The Balaban J connectivity index is 1.64. The zero-order valence-electron chi connectivity index (χ0n) is 11.0. The van der Waals surface area contributed by atoms with E-state index in [4.69, 9.17) is 0 Å². The smallest absolute Gasteiger partial charge is 0.223 e. The van der Waals surface area contributed by atoms with Crippen molar-refractivity contribution in [2.24, 2.45) is 5.92 Å². The highest BCUT2D eigenvalue weighted by Gasteiger charge is 2.18. The number of imidazole rings is 1. The number of benzene rings is 1. The summed E-state index contributed by atoms with van der Waals surface area (Å²) in [5.74, 6) is 0.457. The van der Waals surface area contributed by atoms with Crippen molar-refractivity contribution in [2.45, 2.75) is 25.8 Å². The Morgan fingerprint density at radius 1 is 1.45 bits per heavy atom. The lowest BCUT2D eigenvalue weighted by Crippen LogP contribution is -2.31. The first-order valence-electron chi connectivity index (χ1n) is 6.79. The SMILES string of the molecule is O=C(NCc1nc2ccc(F)cc2[nH]1)C1CC=CCC1. The Morgan fingerprint density at radius 3 is 3.15 bits per heavy atom. The van der Waals surface area contributed by atoms with Crippen LogP contribution in [0.15, 0.2) is 30.4 Å². The molecule has 5 heteroatoms. The number of nitrogens with one attached hydrogen (secondary N) is 2. The van der Waals surface area contributed by atoms with Gasteiger partial charge in [-0.15, -0.1) is 0 Å². The molecule has 1 amide bonds. The maximum Gasteiger partial charge on any atom is 0.223 e. The number of fused-ring (bicyclic) bond motifs is 1. The zero-order valence-corrected chi connectivity index (χ0v) is 11.0. The highest BCUT2D eigenvalue weighted by molar-refractivity contribution is 5.79. The topological polar surface area (TPSA) is 57.8 Å². The summed E-state index contributed by atoms with van der Waals surface area (Å²) in [5.41, 5.74) is 1.35. The molecule has 0 radical (unpaired) electrons. The quantitative estimate of drug-likeness (QED) is 0.845. The third-order valence-corrected chi connectivity index (χ3v) is 3.56. The molecule has 1 aromatic carbocycles. The van der Waals surface area contributed by atoms with Gasteiger partial charge in [0.15, 0.2) is 0 Å². The van der Waals surface area contributed by atoms with Crippen LogP contribution in [0, 0.1) is 11.7 Å². The normalized spacial score (nSPS) is 18.4. The molecule has 0 saturated heterocycles. The fourth-order valence-corrected chi connectivity index (χ4v) is 2.47. The lowest BCUT2D eigenvalue weighted by molar-refractivity contribution is -0.125. The predicted octanol–water partition coefficient (Wildman–Crippen LogP) is 2.67. The summed E-state index contributed by atoms with van der Waals surface area (Å²) in [5, 5.41) is 2.88. The summed E-state index contributed by atoms with van der Waals surface area (Å²) < 4.78 is 13.1. The van der Waals surface area contributed by atoms with Crippen molar-refractivity contribution in [3.05, 3.63) is 42.0 Å². The molecule has 20 heavy (non-hydrogen) atoms. The Hall–Kier alpha value is -2.17. The van der Waals surface area contributed by atoms with E-state index in [2.05, 4.69) is 27.4 Å². The maximum atomic E-state index is 13.1. The molecule has 3 rings (SSSR count). The number of H-pyrrole nitrogens is 1. The summed E-state index contributed by atoms with van der Waals surface area (Å²) >= 11 is 0. The molecule has 0 saturated carbocycles. The Bertz CT molecular complexity index is 662. The predicted molar refractivity (Wildman–Crippen MR) is 74.4 cm³/mol. The van der Waals surface area contributed by atoms with Crippen molar-refractivity contribution >= 4 is 16.9 Å². The van der Waals surface area contributed by atoms with Gasteiger partial charge in [-0.1, -0.05) is 12.2 Å². The number of carbonyl (C=O) groups excluding carboxylic acids is 1. The van der Waals surface area contributed by atoms with E-state index >= 15 is 0 Å². The number of hydrogen-bond donors (Lipinski definition) is 2. The summed E-state index contributed by atoms with van der Waals surface area (Å²) in [6.45, 7) is 0.343. The van der Waals surface area contributed by atoms with Crippen LogP contribution < -0.4 is 5.32 Å². The molecule has 1 heterocycles. The van der Waals surface area contributed by atoms with Gasteiger partial charge >= 0.3 is 0 Å². The van der Waals surface area contributed by atoms with Crippen molar-refractivity contribution in [1.82, 2.24) is 15.3 Å². The maximum absolute atomic E-state index is 13.1. The van der Waals surface area contributed by atoms with Gasteiger partial charge in [-0.3, -0.25) is 4.79 Å². The van der Waals surface area contributed by atoms with Crippen molar-refractivity contribution in [1.29, 1.82) is 0 Å². The molecule has 1 aliphatic rings. The molecule has 4 nitrogen and oxygen atoms in total. The molecule has 2 aromatic rings. The van der Waals surface area contributed by atoms with E-state index in [1.165, 1.54) is 12.1 Å². The molecule has 0 fully saturated rings. The van der Waals surface area contributed by atoms with Crippen molar-refractivity contribution < 1.29 is 9.18 Å². The van der Waals surface area contributed by atoms with Crippen LogP contribution in [-0.4, -0.2) is 15.9 Å². The van der Waals surface area contributed by atoms with Gasteiger partial charge in [-0.2, -0.15) is 0 Å². The molecule has 1 aromatic heterocycles. The second kappa shape index (κ2) is 5.45. The fourth-order valence-electron chi connectivity index (χ4n) is 2.47. The van der Waals surface area contributed by atoms with Gasteiger partial charge in [0.25, 0.3) is 0 Å². The molecule has 0 spiro atoms. The first kappa shape index (κ1) is 12.8. The van der Waals surface area contributed by atoms with Gasteiger partial charge in [0.2, 0.25) is 5.91 Å². The van der Waals surface area contributed by atoms with Crippen molar-refractivity contribution in [3.8, 4) is 0 Å². The second-order valence-corrected chi connectivity index (χ2v) is 5.04. The molecule has 1 unspecified atom stereocenters. The van der Waals surface area contributed by atoms with Crippen LogP contribution >= 0.6 is 0 Å². The number of aromatic nitrogens is 2. The average molecular weight is 273 g/mol. The first-order valence-corrected chi connectivity index (χ1v) is 6.79. The average Bonchev–Trinajstić information content (AvgIpc) is 2.87. The van der Waals surface area contributed by atoms with Crippen LogP contribution in [0.25, 0.3) is 11.0 Å².